The summed E-state index contributed by atoms with van der Waals surface area (Å²) in [7, 11) is 0. The van der Waals surface area contributed by atoms with Crippen molar-refractivity contribution in [1.82, 2.24) is 4.90 Å². The molecule has 1 aromatic heterocycles. The molecule has 17 heavy (non-hydrogen) atoms. The molecule has 3 N–H and O–H groups in total. The smallest absolute Gasteiger partial charge is 0.323 e. The van der Waals surface area contributed by atoms with Crippen molar-refractivity contribution >= 4 is 40.7 Å². The lowest BCUT2D eigenvalue weighted by atomic mass is 10.3. The number of thiophene rings is 1. The van der Waals surface area contributed by atoms with Gasteiger partial charge in [-0.25, -0.2) is 0 Å². The Labute approximate surface area is 106 Å². The van der Waals surface area contributed by atoms with Gasteiger partial charge in [-0.3, -0.25) is 14.4 Å². The van der Waals surface area contributed by atoms with Gasteiger partial charge in [-0.05, 0) is 11.4 Å². The van der Waals surface area contributed by atoms with E-state index in [0.717, 1.165) is 16.2 Å². The zero-order valence-electron chi connectivity index (χ0n) is 8.55. The third-order valence-corrected chi connectivity index (χ3v) is 3.10. The van der Waals surface area contributed by atoms with Crippen LogP contribution in [0.3, 0.4) is 0 Å². The van der Waals surface area contributed by atoms with E-state index < -0.39 is 30.9 Å². The normalized spacial score (nSPS) is 9.94. The van der Waals surface area contributed by atoms with Crippen LogP contribution in [0.15, 0.2) is 11.4 Å². The van der Waals surface area contributed by atoms with Gasteiger partial charge in [-0.2, -0.15) is 0 Å². The first-order valence-electron chi connectivity index (χ1n) is 4.44. The Morgan fingerprint density at radius 2 is 2.06 bits per heavy atom. The average Bonchev–Trinajstić information content (AvgIpc) is 2.61. The summed E-state index contributed by atoms with van der Waals surface area (Å²) in [6.07, 6.45) is 0. The van der Waals surface area contributed by atoms with Crippen molar-refractivity contribution in [2.24, 2.45) is 5.73 Å². The fraction of sp³-hybridized carbons (Fsp3) is 0.222. The predicted molar refractivity (Wildman–Crippen MR) is 62.1 cm³/mol. The summed E-state index contributed by atoms with van der Waals surface area (Å²) >= 11 is 6.82. The van der Waals surface area contributed by atoms with Crippen LogP contribution in [-0.2, 0) is 9.59 Å². The maximum Gasteiger partial charge on any atom is 0.323 e. The molecule has 0 saturated carbocycles. The van der Waals surface area contributed by atoms with Crippen LogP contribution in [0.25, 0.3) is 0 Å². The molecular weight excluding hydrogens is 268 g/mol. The minimum Gasteiger partial charge on any atom is -0.480 e. The molecule has 0 unspecified atom stereocenters. The summed E-state index contributed by atoms with van der Waals surface area (Å²) < 4.78 is 0. The van der Waals surface area contributed by atoms with Crippen LogP contribution in [0, 0.1) is 0 Å². The molecule has 6 nitrogen and oxygen atoms in total. The maximum absolute atomic E-state index is 11.9. The van der Waals surface area contributed by atoms with E-state index in [1.54, 1.807) is 5.38 Å². The molecule has 0 fully saturated rings. The summed E-state index contributed by atoms with van der Waals surface area (Å²) in [5, 5.41) is 10.5. The molecule has 8 heteroatoms. The minimum absolute atomic E-state index is 0.189. The molecule has 0 aliphatic carbocycles. The number of rotatable bonds is 5. The molecular formula is C9H9ClN2O4S. The van der Waals surface area contributed by atoms with Crippen LogP contribution < -0.4 is 5.73 Å². The van der Waals surface area contributed by atoms with Crippen LogP contribution >= 0.6 is 22.9 Å². The fourth-order valence-corrected chi connectivity index (χ4v) is 2.24. The lowest BCUT2D eigenvalue weighted by molar-refractivity contribution is -0.138. The number of aliphatic carboxylic acids is 1. The number of carbonyl (C=O) groups is 3. The first kappa shape index (κ1) is 13.5. The predicted octanol–water partition coefficient (Wildman–Crippen LogP) is 0.414. The molecule has 0 atom stereocenters. The summed E-state index contributed by atoms with van der Waals surface area (Å²) in [5.74, 6) is -2.63. The number of carboxylic acids is 1. The second-order valence-electron chi connectivity index (χ2n) is 3.12. The topological polar surface area (TPSA) is 101 Å². The number of nitrogens with zero attached hydrogens (tertiary/aromatic N) is 1. The molecule has 0 aliphatic rings. The van der Waals surface area contributed by atoms with E-state index in [4.69, 9.17) is 22.4 Å². The van der Waals surface area contributed by atoms with Crippen LogP contribution in [0.4, 0.5) is 0 Å². The first-order valence-corrected chi connectivity index (χ1v) is 5.70. The monoisotopic (exact) mass is 276 g/mol. The Balaban J connectivity index is 2.90. The Morgan fingerprint density at radius 3 is 2.47 bits per heavy atom. The average molecular weight is 277 g/mol. The molecule has 2 amide bonds. The highest BCUT2D eigenvalue weighted by Crippen LogP contribution is 2.23. The van der Waals surface area contributed by atoms with Gasteiger partial charge in [0.1, 0.15) is 18.0 Å². The SMILES string of the molecule is NC(=O)CN(CC(=O)O)C(=O)c1sccc1Cl. The van der Waals surface area contributed by atoms with Crippen molar-refractivity contribution in [3.63, 3.8) is 0 Å². The number of halogens is 1. The van der Waals surface area contributed by atoms with Gasteiger partial charge < -0.3 is 15.7 Å². The van der Waals surface area contributed by atoms with E-state index in [9.17, 15) is 14.4 Å². The van der Waals surface area contributed by atoms with E-state index in [2.05, 4.69) is 0 Å². The minimum atomic E-state index is -1.23. The zero-order valence-corrected chi connectivity index (χ0v) is 10.1. The number of carboxylic acid groups (broad SMARTS) is 1. The number of amides is 2. The van der Waals surface area contributed by atoms with Crippen molar-refractivity contribution in [2.45, 2.75) is 0 Å². The summed E-state index contributed by atoms with van der Waals surface area (Å²) in [6.45, 7) is -1.06. The molecule has 0 saturated heterocycles. The van der Waals surface area contributed by atoms with Gasteiger partial charge in [0.05, 0.1) is 5.02 Å². The number of hydrogen-bond donors (Lipinski definition) is 2. The van der Waals surface area contributed by atoms with Crippen LogP contribution in [0.2, 0.25) is 5.02 Å². The van der Waals surface area contributed by atoms with Gasteiger partial charge >= 0.3 is 5.97 Å². The van der Waals surface area contributed by atoms with Crippen molar-refractivity contribution in [3.8, 4) is 0 Å². The van der Waals surface area contributed by atoms with E-state index in [1.807, 2.05) is 0 Å². The third-order valence-electron chi connectivity index (χ3n) is 1.77. The van der Waals surface area contributed by atoms with Gasteiger partial charge in [-0.15, -0.1) is 11.3 Å². The third kappa shape index (κ3) is 3.72. The van der Waals surface area contributed by atoms with Gasteiger partial charge in [0.15, 0.2) is 0 Å². The second-order valence-corrected chi connectivity index (χ2v) is 4.44. The number of primary amides is 1. The molecule has 0 bridgehead atoms. The van der Waals surface area contributed by atoms with E-state index in [-0.39, 0.29) is 9.90 Å². The molecule has 1 rings (SSSR count). The maximum atomic E-state index is 11.9. The second kappa shape index (κ2) is 5.65. The molecule has 0 radical (unpaired) electrons. The quantitative estimate of drug-likeness (QED) is 0.813. The Bertz CT molecular complexity index is 444. The van der Waals surface area contributed by atoms with Gasteiger partial charge in [-0.1, -0.05) is 11.6 Å². The first-order chi connectivity index (χ1) is 7.91. The van der Waals surface area contributed by atoms with Gasteiger partial charge in [0, 0.05) is 0 Å². The lowest BCUT2D eigenvalue weighted by Crippen LogP contribution is -2.41. The van der Waals surface area contributed by atoms with Gasteiger partial charge in [0.2, 0.25) is 5.91 Å². The Hall–Kier alpha value is -1.60. The standard InChI is InChI=1S/C9H9ClN2O4S/c10-5-1-2-17-8(5)9(16)12(3-6(11)13)4-7(14)15/h1-2H,3-4H2,(H2,11,13)(H,14,15). The Morgan fingerprint density at radius 1 is 1.41 bits per heavy atom. The Kier molecular flexibility index (Phi) is 4.47. The molecule has 1 aromatic rings. The van der Waals surface area contributed by atoms with Crippen LogP contribution in [0.5, 0.6) is 0 Å². The van der Waals surface area contributed by atoms with E-state index >= 15 is 0 Å². The summed E-state index contributed by atoms with van der Waals surface area (Å²) in [5.41, 5.74) is 4.94. The highest BCUT2D eigenvalue weighted by Gasteiger charge is 2.23. The molecule has 0 spiro atoms. The largest absolute Gasteiger partial charge is 0.480 e. The number of hydrogen-bond acceptors (Lipinski definition) is 4. The van der Waals surface area contributed by atoms with E-state index in [0.29, 0.717) is 0 Å². The van der Waals surface area contributed by atoms with Crippen molar-refractivity contribution in [3.05, 3.63) is 21.3 Å². The molecule has 92 valence electrons. The van der Waals surface area contributed by atoms with E-state index in [1.165, 1.54) is 6.07 Å². The summed E-state index contributed by atoms with van der Waals surface area (Å²) in [4.78, 5) is 34.2. The fourth-order valence-electron chi connectivity index (χ4n) is 1.14. The summed E-state index contributed by atoms with van der Waals surface area (Å²) in [6, 6.07) is 1.52. The highest BCUT2D eigenvalue weighted by atomic mass is 35.5. The molecule has 0 aromatic carbocycles. The van der Waals surface area contributed by atoms with Crippen molar-refractivity contribution in [2.75, 3.05) is 13.1 Å². The number of carbonyl (C=O) groups excluding carboxylic acids is 2. The number of nitrogens with two attached hydrogens (primary N) is 1. The lowest BCUT2D eigenvalue weighted by Gasteiger charge is -2.18. The molecule has 0 aliphatic heterocycles. The highest BCUT2D eigenvalue weighted by molar-refractivity contribution is 7.12. The van der Waals surface area contributed by atoms with Crippen molar-refractivity contribution < 1.29 is 19.5 Å². The van der Waals surface area contributed by atoms with Crippen LogP contribution in [-0.4, -0.2) is 40.9 Å². The van der Waals surface area contributed by atoms with Crippen molar-refractivity contribution in [1.29, 1.82) is 0 Å². The van der Waals surface area contributed by atoms with Gasteiger partial charge in [0.25, 0.3) is 5.91 Å². The zero-order chi connectivity index (χ0) is 13.0. The van der Waals surface area contributed by atoms with Crippen LogP contribution in [0.1, 0.15) is 9.67 Å². The molecule has 1 heterocycles.